The number of nitrogens with two attached hydrogens (primary N) is 3. The molecule has 15 heteroatoms. The molecule has 1 rings (SSSR count). The third kappa shape index (κ3) is 10.2. The number of hydrogen-bond donors (Lipinski definition) is 8. The second-order valence-corrected chi connectivity index (χ2v) is 8.25. The number of H-pyrrole nitrogens is 1. The van der Waals surface area contributed by atoms with Crippen LogP contribution in [0.15, 0.2) is 12.5 Å². The van der Waals surface area contributed by atoms with Crippen LogP contribution in [-0.4, -0.2) is 74.7 Å². The molecule has 0 spiro atoms. The van der Waals surface area contributed by atoms with Crippen molar-refractivity contribution in [3.05, 3.63) is 18.2 Å². The molecule has 4 unspecified atom stereocenters. The molecule has 4 atom stereocenters. The Bertz CT molecular complexity index is 919. The first-order valence-electron chi connectivity index (χ1n) is 10.7. The number of amides is 5. The van der Waals surface area contributed by atoms with Crippen molar-refractivity contribution in [1.82, 2.24) is 25.9 Å². The second-order valence-electron chi connectivity index (χ2n) is 8.25. The molecule has 0 bridgehead atoms. The number of carbonyl (C=O) groups is 6. The van der Waals surface area contributed by atoms with Crippen LogP contribution < -0.4 is 33.2 Å². The summed E-state index contributed by atoms with van der Waals surface area (Å²) in [6, 6.07) is -5.21. The van der Waals surface area contributed by atoms with E-state index >= 15 is 0 Å². The topological polar surface area (TPSA) is 265 Å². The number of aromatic amines is 1. The number of nitrogens with zero attached hydrogens (tertiary/aromatic N) is 1. The number of carbonyl (C=O) groups excluding carboxylic acids is 5. The third-order valence-corrected chi connectivity index (χ3v) is 4.92. The van der Waals surface area contributed by atoms with E-state index in [0.717, 1.165) is 0 Å². The van der Waals surface area contributed by atoms with Gasteiger partial charge in [-0.1, -0.05) is 13.8 Å². The van der Waals surface area contributed by atoms with E-state index in [4.69, 9.17) is 17.2 Å². The minimum Gasteiger partial charge on any atom is -0.480 e. The molecule has 194 valence electrons. The molecule has 0 aliphatic rings. The van der Waals surface area contributed by atoms with Gasteiger partial charge in [0.1, 0.15) is 18.1 Å². The highest BCUT2D eigenvalue weighted by atomic mass is 16.4. The predicted molar refractivity (Wildman–Crippen MR) is 121 cm³/mol. The summed E-state index contributed by atoms with van der Waals surface area (Å²) in [4.78, 5) is 78.7. The summed E-state index contributed by atoms with van der Waals surface area (Å²) in [5.41, 5.74) is 16.5. The molecule has 15 nitrogen and oxygen atoms in total. The van der Waals surface area contributed by atoms with Crippen LogP contribution in [0.1, 0.15) is 38.8 Å². The molecule has 5 amide bonds. The molecule has 0 saturated heterocycles. The van der Waals surface area contributed by atoms with Gasteiger partial charge in [0, 0.05) is 24.7 Å². The van der Waals surface area contributed by atoms with Gasteiger partial charge in [0.15, 0.2) is 0 Å². The molecule has 1 heterocycles. The van der Waals surface area contributed by atoms with Crippen LogP contribution in [0.4, 0.5) is 0 Å². The van der Waals surface area contributed by atoms with E-state index in [2.05, 4.69) is 25.9 Å². The van der Waals surface area contributed by atoms with Gasteiger partial charge < -0.3 is 43.2 Å². The Morgan fingerprint density at radius 2 is 1.57 bits per heavy atom. The summed E-state index contributed by atoms with van der Waals surface area (Å²) >= 11 is 0. The van der Waals surface area contributed by atoms with Crippen LogP contribution in [0.2, 0.25) is 0 Å². The lowest BCUT2D eigenvalue weighted by atomic mass is 10.0. The highest BCUT2D eigenvalue weighted by Gasteiger charge is 2.32. The number of nitrogens with one attached hydrogen (secondary N) is 4. The zero-order valence-corrected chi connectivity index (χ0v) is 19.4. The largest absolute Gasteiger partial charge is 0.480 e. The standard InChI is InChI=1S/C20H32N8O7/c1-9(2)16(20(34)35)28-19(33)13(6-15(23)30)27-18(32)12(5-10-7-24-8-25-10)26-17(31)11(21)3-4-14(22)29/h7-9,11-13,16H,3-6,21H2,1-2H3,(H2,22,29)(H2,23,30)(H,24,25)(H,26,31)(H,27,32)(H,28,33)(H,34,35). The van der Waals surface area contributed by atoms with E-state index in [1.54, 1.807) is 13.8 Å². The van der Waals surface area contributed by atoms with E-state index in [1.165, 1.54) is 12.5 Å². The summed E-state index contributed by atoms with van der Waals surface area (Å²) < 4.78 is 0. The van der Waals surface area contributed by atoms with Crippen molar-refractivity contribution >= 4 is 35.5 Å². The van der Waals surface area contributed by atoms with Crippen LogP contribution >= 0.6 is 0 Å². The van der Waals surface area contributed by atoms with Crippen molar-refractivity contribution in [3.63, 3.8) is 0 Å². The summed E-state index contributed by atoms with van der Waals surface area (Å²) in [5, 5.41) is 16.3. The number of imidazole rings is 1. The van der Waals surface area contributed by atoms with Crippen molar-refractivity contribution in [2.45, 2.75) is 63.7 Å². The van der Waals surface area contributed by atoms with Gasteiger partial charge in [-0.05, 0) is 12.3 Å². The van der Waals surface area contributed by atoms with Crippen molar-refractivity contribution in [3.8, 4) is 0 Å². The Hall–Kier alpha value is -4.01. The molecule has 0 aliphatic heterocycles. The van der Waals surface area contributed by atoms with E-state index in [9.17, 15) is 33.9 Å². The number of aromatic nitrogens is 2. The monoisotopic (exact) mass is 496 g/mol. The maximum atomic E-state index is 13.0. The van der Waals surface area contributed by atoms with E-state index in [-0.39, 0.29) is 19.3 Å². The molecule has 0 aliphatic carbocycles. The van der Waals surface area contributed by atoms with Gasteiger partial charge >= 0.3 is 5.97 Å². The number of primary amides is 2. The summed E-state index contributed by atoms with van der Waals surface area (Å²) in [6.45, 7) is 3.14. The quantitative estimate of drug-likeness (QED) is 0.120. The zero-order chi connectivity index (χ0) is 26.7. The highest BCUT2D eigenvalue weighted by Crippen LogP contribution is 2.06. The molecular formula is C20H32N8O7. The van der Waals surface area contributed by atoms with Crippen LogP contribution in [0.3, 0.4) is 0 Å². The van der Waals surface area contributed by atoms with Crippen LogP contribution in [0.5, 0.6) is 0 Å². The average Bonchev–Trinajstić information content (AvgIpc) is 3.26. The van der Waals surface area contributed by atoms with Crippen LogP contribution in [0.25, 0.3) is 0 Å². The summed E-state index contributed by atoms with van der Waals surface area (Å²) in [6.07, 6.45) is 1.85. The van der Waals surface area contributed by atoms with Gasteiger partial charge in [-0.2, -0.15) is 0 Å². The fourth-order valence-electron chi connectivity index (χ4n) is 2.98. The van der Waals surface area contributed by atoms with E-state index < -0.39 is 72.0 Å². The molecule has 11 N–H and O–H groups in total. The minimum atomic E-state index is -1.51. The van der Waals surface area contributed by atoms with Crippen molar-refractivity contribution in [1.29, 1.82) is 0 Å². The number of carboxylic acid groups (broad SMARTS) is 1. The Kier molecular flexibility index (Phi) is 11.3. The Balaban J connectivity index is 3.05. The number of aliphatic carboxylic acids is 1. The number of rotatable bonds is 15. The first kappa shape index (κ1) is 29.0. The third-order valence-electron chi connectivity index (χ3n) is 4.92. The van der Waals surface area contributed by atoms with Crippen LogP contribution in [0, 0.1) is 5.92 Å². The lowest BCUT2D eigenvalue weighted by molar-refractivity contribution is -0.143. The first-order chi connectivity index (χ1) is 16.3. The Labute approximate surface area is 200 Å². The van der Waals surface area contributed by atoms with E-state index in [1.807, 2.05) is 0 Å². The minimum absolute atomic E-state index is 0.0575. The molecule has 0 radical (unpaired) electrons. The molecule has 0 saturated carbocycles. The number of hydrogen-bond acceptors (Lipinski definition) is 8. The van der Waals surface area contributed by atoms with Gasteiger partial charge in [-0.25, -0.2) is 9.78 Å². The van der Waals surface area contributed by atoms with Crippen molar-refractivity contribution in [2.75, 3.05) is 0 Å². The van der Waals surface area contributed by atoms with Gasteiger partial charge in [-0.3, -0.25) is 24.0 Å². The molecule has 1 aromatic rings. The van der Waals surface area contributed by atoms with Gasteiger partial charge in [0.05, 0.1) is 18.8 Å². The van der Waals surface area contributed by atoms with Gasteiger partial charge in [0.2, 0.25) is 29.5 Å². The first-order valence-corrected chi connectivity index (χ1v) is 10.7. The van der Waals surface area contributed by atoms with Crippen molar-refractivity contribution < 1.29 is 33.9 Å². The molecule has 0 aromatic carbocycles. The maximum Gasteiger partial charge on any atom is 0.326 e. The molecule has 1 aromatic heterocycles. The highest BCUT2D eigenvalue weighted by molar-refractivity contribution is 5.96. The fraction of sp³-hybridized carbons (Fsp3) is 0.550. The molecular weight excluding hydrogens is 464 g/mol. The van der Waals surface area contributed by atoms with Crippen LogP contribution in [-0.2, 0) is 35.2 Å². The van der Waals surface area contributed by atoms with Gasteiger partial charge in [0.25, 0.3) is 0 Å². The molecule has 35 heavy (non-hydrogen) atoms. The smallest absolute Gasteiger partial charge is 0.326 e. The Morgan fingerprint density at radius 3 is 2.06 bits per heavy atom. The predicted octanol–water partition coefficient (Wildman–Crippen LogP) is -3.38. The Morgan fingerprint density at radius 1 is 0.971 bits per heavy atom. The van der Waals surface area contributed by atoms with Gasteiger partial charge in [-0.15, -0.1) is 0 Å². The lowest BCUT2D eigenvalue weighted by Crippen LogP contribution is -2.58. The normalized spacial score (nSPS) is 14.3. The lowest BCUT2D eigenvalue weighted by Gasteiger charge is -2.25. The van der Waals surface area contributed by atoms with E-state index in [0.29, 0.717) is 5.69 Å². The second kappa shape index (κ2) is 13.6. The summed E-state index contributed by atoms with van der Waals surface area (Å²) in [5.74, 6) is -5.93. The van der Waals surface area contributed by atoms with Crippen molar-refractivity contribution in [2.24, 2.45) is 23.1 Å². The molecule has 0 fully saturated rings. The fourth-order valence-corrected chi connectivity index (χ4v) is 2.98. The summed E-state index contributed by atoms with van der Waals surface area (Å²) in [7, 11) is 0. The average molecular weight is 497 g/mol. The zero-order valence-electron chi connectivity index (χ0n) is 19.4. The SMILES string of the molecule is CC(C)C(NC(=O)C(CC(N)=O)NC(=O)C(Cc1cnc[nH]1)NC(=O)C(N)CCC(N)=O)C(=O)O. The maximum absolute atomic E-state index is 13.0. The number of carboxylic acids is 1.